The van der Waals surface area contributed by atoms with Gasteiger partial charge in [-0.15, -0.1) is 0 Å². The van der Waals surface area contributed by atoms with E-state index >= 15 is 0 Å². The van der Waals surface area contributed by atoms with Crippen LogP contribution in [0.2, 0.25) is 0 Å². The van der Waals surface area contributed by atoms with Crippen LogP contribution in [0.1, 0.15) is 239 Å². The number of carbonyl (C=O) groups excluding carboxylic acids is 2. The van der Waals surface area contributed by atoms with Crippen LogP contribution in [0.5, 0.6) is 0 Å². The van der Waals surface area contributed by atoms with Gasteiger partial charge in [-0.1, -0.05) is 193 Å². The van der Waals surface area contributed by atoms with Crippen molar-refractivity contribution in [2.45, 2.75) is 257 Å². The van der Waals surface area contributed by atoms with Crippen molar-refractivity contribution < 1.29 is 24.9 Å². The van der Waals surface area contributed by atoms with Crippen molar-refractivity contribution in [1.82, 2.24) is 0 Å². The average Bonchev–Trinajstić information content (AvgIpc) is 3.10. The molecule has 49 heavy (non-hydrogen) atoms. The maximum absolute atomic E-state index is 13.3. The number of allylic oxidation sites excluding steroid dienone is 2. The summed E-state index contributed by atoms with van der Waals surface area (Å²) in [7, 11) is 0. The molecular formula is C44H84O5. The van der Waals surface area contributed by atoms with Gasteiger partial charge in [0, 0.05) is 12.8 Å². The third kappa shape index (κ3) is 26.4. The summed E-state index contributed by atoms with van der Waals surface area (Å²) in [6.07, 6.45) is 37.6. The summed E-state index contributed by atoms with van der Waals surface area (Å²) in [5.74, 6) is -1.11. The van der Waals surface area contributed by atoms with Gasteiger partial charge < -0.3 is 15.3 Å². The number of hydrogen-bond donors (Lipinski definition) is 3. The predicted molar refractivity (Wildman–Crippen MR) is 210 cm³/mol. The van der Waals surface area contributed by atoms with Gasteiger partial charge in [0.15, 0.2) is 23.3 Å². The van der Waals surface area contributed by atoms with Crippen LogP contribution in [0.15, 0.2) is 12.2 Å². The summed E-state index contributed by atoms with van der Waals surface area (Å²) in [6, 6.07) is 0. The molecule has 0 saturated heterocycles. The zero-order valence-corrected chi connectivity index (χ0v) is 33.0. The van der Waals surface area contributed by atoms with E-state index in [9.17, 15) is 24.9 Å². The summed E-state index contributed by atoms with van der Waals surface area (Å²) >= 11 is 0. The Balaban J connectivity index is 4.35. The molecule has 5 nitrogen and oxygen atoms in total. The van der Waals surface area contributed by atoms with Crippen LogP contribution < -0.4 is 0 Å². The van der Waals surface area contributed by atoms with Crippen molar-refractivity contribution in [3.05, 3.63) is 12.2 Å². The molecule has 3 atom stereocenters. The second-order valence-electron chi connectivity index (χ2n) is 15.2. The fourth-order valence-corrected chi connectivity index (χ4v) is 6.94. The van der Waals surface area contributed by atoms with Crippen LogP contribution in [-0.2, 0) is 9.59 Å². The normalized spacial score (nSPS) is 14.3. The molecule has 0 spiro atoms. The SMILES string of the molecule is CCCCCCCC/C=C\CCCCCCCC(=O)C(O)(C(O)CCCCC)C(O)C(=O)CCCCCCCCCCCCCCCCC. The molecule has 5 heteroatoms. The molecule has 0 aliphatic carbocycles. The van der Waals surface area contributed by atoms with Gasteiger partial charge in [0.1, 0.15) is 0 Å². The molecule has 0 radical (unpaired) electrons. The minimum absolute atomic E-state index is 0.0722. The Morgan fingerprint density at radius 2 is 0.796 bits per heavy atom. The Hall–Kier alpha value is -1.04. The van der Waals surface area contributed by atoms with Gasteiger partial charge >= 0.3 is 0 Å². The smallest absolute Gasteiger partial charge is 0.181 e. The molecule has 0 aliphatic rings. The summed E-state index contributed by atoms with van der Waals surface area (Å²) in [5, 5.41) is 33.4. The first-order valence-corrected chi connectivity index (χ1v) is 21.7. The van der Waals surface area contributed by atoms with E-state index in [1.165, 1.54) is 116 Å². The van der Waals surface area contributed by atoms with Crippen molar-refractivity contribution in [3.8, 4) is 0 Å². The number of ketones is 2. The summed E-state index contributed by atoms with van der Waals surface area (Å²) < 4.78 is 0. The number of Topliss-reactive ketones (excluding diaryl/α,β-unsaturated/α-hetero) is 2. The molecule has 3 unspecified atom stereocenters. The van der Waals surface area contributed by atoms with Crippen molar-refractivity contribution in [2.24, 2.45) is 0 Å². The fraction of sp³-hybridized carbons (Fsp3) is 0.909. The van der Waals surface area contributed by atoms with E-state index in [4.69, 9.17) is 0 Å². The fourth-order valence-electron chi connectivity index (χ4n) is 6.94. The molecule has 0 aromatic carbocycles. The molecule has 0 rings (SSSR count). The second kappa shape index (κ2) is 35.4. The molecule has 0 amide bonds. The maximum atomic E-state index is 13.3. The Bertz CT molecular complexity index is 764. The zero-order chi connectivity index (χ0) is 36.3. The summed E-state index contributed by atoms with van der Waals surface area (Å²) in [4.78, 5) is 26.3. The van der Waals surface area contributed by atoms with E-state index in [-0.39, 0.29) is 19.3 Å². The second-order valence-corrected chi connectivity index (χ2v) is 15.2. The lowest BCUT2D eigenvalue weighted by Gasteiger charge is -2.35. The first-order valence-electron chi connectivity index (χ1n) is 21.7. The molecule has 0 bridgehead atoms. The molecule has 0 saturated carbocycles. The van der Waals surface area contributed by atoms with Gasteiger partial charge in [-0.25, -0.2) is 0 Å². The van der Waals surface area contributed by atoms with Crippen LogP contribution in [0.25, 0.3) is 0 Å². The maximum Gasteiger partial charge on any atom is 0.181 e. The number of aliphatic hydroxyl groups excluding tert-OH is 2. The van der Waals surface area contributed by atoms with Crippen LogP contribution in [0.4, 0.5) is 0 Å². The number of aliphatic hydroxyl groups is 3. The molecule has 0 heterocycles. The van der Waals surface area contributed by atoms with Crippen molar-refractivity contribution >= 4 is 11.6 Å². The third-order valence-electron chi connectivity index (χ3n) is 10.5. The van der Waals surface area contributed by atoms with Crippen LogP contribution >= 0.6 is 0 Å². The van der Waals surface area contributed by atoms with E-state index in [2.05, 4.69) is 26.0 Å². The predicted octanol–water partition coefficient (Wildman–Crippen LogP) is 12.5. The molecule has 3 N–H and O–H groups in total. The molecule has 0 aliphatic heterocycles. The zero-order valence-electron chi connectivity index (χ0n) is 33.0. The van der Waals surface area contributed by atoms with Gasteiger partial charge in [-0.2, -0.15) is 0 Å². The van der Waals surface area contributed by atoms with Gasteiger partial charge in [-0.3, -0.25) is 9.59 Å². The molecule has 0 fully saturated rings. The van der Waals surface area contributed by atoms with E-state index in [1.807, 2.05) is 6.92 Å². The molecule has 0 aromatic rings. The number of carbonyl (C=O) groups is 2. The Labute approximate surface area is 304 Å². The van der Waals surface area contributed by atoms with Crippen LogP contribution in [0.3, 0.4) is 0 Å². The summed E-state index contributed by atoms with van der Waals surface area (Å²) in [6.45, 7) is 6.56. The first kappa shape index (κ1) is 48.0. The van der Waals surface area contributed by atoms with Gasteiger partial charge in [0.2, 0.25) is 0 Å². The number of unbranched alkanes of at least 4 members (excludes halogenated alkanes) is 27. The lowest BCUT2D eigenvalue weighted by molar-refractivity contribution is -0.179. The molecule has 0 aromatic heterocycles. The Morgan fingerprint density at radius 1 is 0.469 bits per heavy atom. The standard InChI is InChI=1S/C44H84O5/c1-4-7-10-12-14-16-18-20-22-24-26-28-30-32-35-37-40(45)43(48)44(49,41(46)38-34-9-6-3)42(47)39-36-33-31-29-27-25-23-21-19-17-15-13-11-8-5-2/h21,23,41,43,46,48-49H,4-20,22,24-39H2,1-3H3/b23-21-. The van der Waals surface area contributed by atoms with Crippen molar-refractivity contribution in [1.29, 1.82) is 0 Å². The lowest BCUT2D eigenvalue weighted by atomic mass is 9.79. The van der Waals surface area contributed by atoms with E-state index in [0.717, 1.165) is 64.2 Å². The van der Waals surface area contributed by atoms with E-state index in [0.29, 0.717) is 19.3 Å². The van der Waals surface area contributed by atoms with Gasteiger partial charge in [-0.05, 0) is 44.9 Å². The van der Waals surface area contributed by atoms with Gasteiger partial charge in [0.25, 0.3) is 0 Å². The Kier molecular flexibility index (Phi) is 34.6. The Morgan fingerprint density at radius 3 is 1.20 bits per heavy atom. The van der Waals surface area contributed by atoms with E-state index in [1.54, 1.807) is 0 Å². The topological polar surface area (TPSA) is 94.8 Å². The van der Waals surface area contributed by atoms with E-state index < -0.39 is 29.4 Å². The van der Waals surface area contributed by atoms with Crippen LogP contribution in [-0.4, -0.2) is 44.7 Å². The summed E-state index contributed by atoms with van der Waals surface area (Å²) in [5.41, 5.74) is -2.42. The number of hydrogen-bond acceptors (Lipinski definition) is 5. The average molecular weight is 693 g/mol. The quantitative estimate of drug-likeness (QED) is 0.0440. The van der Waals surface area contributed by atoms with Crippen LogP contribution in [0, 0.1) is 0 Å². The third-order valence-corrected chi connectivity index (χ3v) is 10.5. The highest BCUT2D eigenvalue weighted by atomic mass is 16.4. The highest BCUT2D eigenvalue weighted by Crippen LogP contribution is 2.27. The highest BCUT2D eigenvalue weighted by molar-refractivity contribution is 5.96. The monoisotopic (exact) mass is 693 g/mol. The largest absolute Gasteiger partial charge is 0.390 e. The van der Waals surface area contributed by atoms with Crippen molar-refractivity contribution in [2.75, 3.05) is 0 Å². The van der Waals surface area contributed by atoms with Gasteiger partial charge in [0.05, 0.1) is 6.10 Å². The molecule has 290 valence electrons. The minimum Gasteiger partial charge on any atom is -0.390 e. The van der Waals surface area contributed by atoms with Crippen molar-refractivity contribution in [3.63, 3.8) is 0 Å². The highest BCUT2D eigenvalue weighted by Gasteiger charge is 2.50. The minimum atomic E-state index is -2.42. The lowest BCUT2D eigenvalue weighted by Crippen LogP contribution is -2.60. The molecular weight excluding hydrogens is 608 g/mol. The number of rotatable bonds is 39. The first-order chi connectivity index (χ1) is 23.9.